The van der Waals surface area contributed by atoms with Crippen LogP contribution in [0.4, 0.5) is 15.2 Å². The fourth-order valence-corrected chi connectivity index (χ4v) is 2.56. The standard InChI is InChI=1S/C14H15FN2O2S/c1-8-4-9(15)6-10(5-8)16-13-17-11(7-20-13)14(2,3)12(18)19/h4-7H,1-3H3,(H,16,17)(H,18,19). The van der Waals surface area contributed by atoms with Gasteiger partial charge in [0.1, 0.15) is 11.2 Å². The van der Waals surface area contributed by atoms with Crippen molar-refractivity contribution in [1.29, 1.82) is 0 Å². The number of hydrogen-bond donors (Lipinski definition) is 2. The molecule has 0 spiro atoms. The summed E-state index contributed by atoms with van der Waals surface area (Å²) in [6.07, 6.45) is 0. The van der Waals surface area contributed by atoms with Gasteiger partial charge in [0.25, 0.3) is 0 Å². The highest BCUT2D eigenvalue weighted by atomic mass is 32.1. The predicted molar refractivity (Wildman–Crippen MR) is 77.2 cm³/mol. The maximum absolute atomic E-state index is 13.3. The third kappa shape index (κ3) is 2.96. The van der Waals surface area contributed by atoms with Crippen molar-refractivity contribution < 1.29 is 14.3 Å². The van der Waals surface area contributed by atoms with Crippen molar-refractivity contribution in [3.05, 3.63) is 40.7 Å². The van der Waals surface area contributed by atoms with Crippen LogP contribution in [-0.4, -0.2) is 16.1 Å². The molecule has 0 atom stereocenters. The van der Waals surface area contributed by atoms with Gasteiger partial charge in [-0.15, -0.1) is 11.3 Å². The molecule has 1 aromatic carbocycles. The van der Waals surface area contributed by atoms with Gasteiger partial charge in [-0.2, -0.15) is 0 Å². The van der Waals surface area contributed by atoms with E-state index < -0.39 is 11.4 Å². The number of benzene rings is 1. The molecule has 1 heterocycles. The normalized spacial score (nSPS) is 11.4. The van der Waals surface area contributed by atoms with Crippen LogP contribution in [0.1, 0.15) is 25.1 Å². The molecule has 0 radical (unpaired) electrons. The number of hydrogen-bond acceptors (Lipinski definition) is 4. The summed E-state index contributed by atoms with van der Waals surface area (Å²) in [5.41, 5.74) is 0.825. The molecule has 0 bridgehead atoms. The topological polar surface area (TPSA) is 62.2 Å². The highest BCUT2D eigenvalue weighted by Crippen LogP contribution is 2.29. The average molecular weight is 294 g/mol. The summed E-state index contributed by atoms with van der Waals surface area (Å²) in [4.78, 5) is 15.4. The number of aliphatic carboxylic acids is 1. The maximum atomic E-state index is 13.3. The van der Waals surface area contributed by atoms with Crippen LogP contribution in [0.3, 0.4) is 0 Å². The first kappa shape index (κ1) is 14.5. The van der Waals surface area contributed by atoms with Crippen molar-refractivity contribution in [2.45, 2.75) is 26.2 Å². The molecule has 2 aromatic rings. The van der Waals surface area contributed by atoms with Gasteiger partial charge >= 0.3 is 5.97 Å². The minimum absolute atomic E-state index is 0.324. The Labute approximate surface area is 120 Å². The van der Waals surface area contributed by atoms with E-state index in [2.05, 4.69) is 10.3 Å². The van der Waals surface area contributed by atoms with Crippen LogP contribution in [-0.2, 0) is 10.2 Å². The summed E-state index contributed by atoms with van der Waals surface area (Å²) < 4.78 is 13.3. The van der Waals surface area contributed by atoms with Crippen molar-refractivity contribution in [3.63, 3.8) is 0 Å². The summed E-state index contributed by atoms with van der Waals surface area (Å²) in [6.45, 7) is 5.00. The summed E-state index contributed by atoms with van der Waals surface area (Å²) >= 11 is 1.29. The molecule has 106 valence electrons. The van der Waals surface area contributed by atoms with Crippen molar-refractivity contribution >= 4 is 28.1 Å². The minimum Gasteiger partial charge on any atom is -0.481 e. The first-order valence-electron chi connectivity index (χ1n) is 6.02. The van der Waals surface area contributed by atoms with Gasteiger partial charge in [-0.3, -0.25) is 4.79 Å². The molecular formula is C14H15FN2O2S. The molecule has 2 rings (SSSR count). The lowest BCUT2D eigenvalue weighted by Gasteiger charge is -2.15. The molecule has 6 heteroatoms. The molecule has 0 aliphatic rings. The van der Waals surface area contributed by atoms with E-state index in [0.717, 1.165) is 5.56 Å². The number of halogens is 1. The number of nitrogens with one attached hydrogen (secondary N) is 1. The second-order valence-electron chi connectivity index (χ2n) is 5.11. The third-order valence-corrected chi connectivity index (χ3v) is 3.73. The van der Waals surface area contributed by atoms with E-state index in [1.807, 2.05) is 0 Å². The largest absolute Gasteiger partial charge is 0.481 e. The number of carbonyl (C=O) groups is 1. The lowest BCUT2D eigenvalue weighted by atomic mass is 9.90. The molecule has 20 heavy (non-hydrogen) atoms. The minimum atomic E-state index is -1.05. The van der Waals surface area contributed by atoms with Crippen LogP contribution >= 0.6 is 11.3 Å². The smallest absolute Gasteiger partial charge is 0.315 e. The van der Waals surface area contributed by atoms with Crippen LogP contribution in [0.5, 0.6) is 0 Å². The van der Waals surface area contributed by atoms with E-state index in [9.17, 15) is 9.18 Å². The van der Waals surface area contributed by atoms with Crippen LogP contribution in [0.15, 0.2) is 23.6 Å². The van der Waals surface area contributed by atoms with Crippen molar-refractivity contribution in [3.8, 4) is 0 Å². The monoisotopic (exact) mass is 294 g/mol. The molecule has 0 amide bonds. The first-order chi connectivity index (χ1) is 9.29. The van der Waals surface area contributed by atoms with Crippen molar-refractivity contribution in [1.82, 2.24) is 4.98 Å². The zero-order chi connectivity index (χ0) is 14.9. The van der Waals surface area contributed by atoms with Gasteiger partial charge in [-0.05, 0) is 44.5 Å². The van der Waals surface area contributed by atoms with Gasteiger partial charge in [-0.1, -0.05) is 0 Å². The zero-order valence-corrected chi connectivity index (χ0v) is 12.2. The first-order valence-corrected chi connectivity index (χ1v) is 6.90. The lowest BCUT2D eigenvalue weighted by Crippen LogP contribution is -2.28. The Kier molecular flexibility index (Phi) is 3.76. The number of aryl methyl sites for hydroxylation is 1. The van der Waals surface area contributed by atoms with E-state index >= 15 is 0 Å². The van der Waals surface area contributed by atoms with Gasteiger partial charge in [0, 0.05) is 11.1 Å². The van der Waals surface area contributed by atoms with E-state index in [1.54, 1.807) is 32.2 Å². The molecule has 0 unspecified atom stereocenters. The van der Waals surface area contributed by atoms with Gasteiger partial charge in [0.05, 0.1) is 5.69 Å². The summed E-state index contributed by atoms with van der Waals surface area (Å²) in [6, 6.07) is 4.61. The highest BCUT2D eigenvalue weighted by molar-refractivity contribution is 7.13. The van der Waals surface area contributed by atoms with Crippen molar-refractivity contribution in [2.75, 3.05) is 5.32 Å². The van der Waals surface area contributed by atoms with Crippen LogP contribution in [0.25, 0.3) is 0 Å². The maximum Gasteiger partial charge on any atom is 0.315 e. The molecule has 1 aromatic heterocycles. The van der Waals surface area contributed by atoms with E-state index in [1.165, 1.54) is 23.5 Å². The predicted octanol–water partition coefficient (Wildman–Crippen LogP) is 3.70. The number of thiazole rings is 1. The van der Waals surface area contributed by atoms with E-state index in [-0.39, 0.29) is 5.82 Å². The van der Waals surface area contributed by atoms with Gasteiger partial charge in [0.15, 0.2) is 5.13 Å². The summed E-state index contributed by atoms with van der Waals surface area (Å²) in [7, 11) is 0. The SMILES string of the molecule is Cc1cc(F)cc(Nc2nc(C(C)(C)C(=O)O)cs2)c1. The Bertz CT molecular complexity index is 632. The number of carboxylic acid groups (broad SMARTS) is 1. The Hall–Kier alpha value is -1.95. The number of aromatic nitrogens is 1. The summed E-state index contributed by atoms with van der Waals surface area (Å²) in [5, 5.41) is 14.4. The van der Waals surface area contributed by atoms with Crippen LogP contribution in [0, 0.1) is 12.7 Å². The fourth-order valence-electron chi connectivity index (χ4n) is 1.66. The second kappa shape index (κ2) is 5.20. The van der Waals surface area contributed by atoms with Crippen molar-refractivity contribution in [2.24, 2.45) is 0 Å². The Morgan fingerprint density at radius 2 is 2.10 bits per heavy atom. The molecular weight excluding hydrogens is 279 g/mol. The second-order valence-corrected chi connectivity index (χ2v) is 5.97. The lowest BCUT2D eigenvalue weighted by molar-refractivity contribution is -0.142. The summed E-state index contributed by atoms with van der Waals surface area (Å²) in [5.74, 6) is -1.26. The fraction of sp³-hybridized carbons (Fsp3) is 0.286. The number of nitrogens with zero attached hydrogens (tertiary/aromatic N) is 1. The van der Waals surface area contributed by atoms with Crippen LogP contribution < -0.4 is 5.32 Å². The van der Waals surface area contributed by atoms with Gasteiger partial charge in [0.2, 0.25) is 0 Å². The number of anilines is 2. The molecule has 0 fully saturated rings. The molecule has 0 saturated carbocycles. The zero-order valence-electron chi connectivity index (χ0n) is 11.4. The molecule has 4 nitrogen and oxygen atoms in total. The number of rotatable bonds is 4. The van der Waals surface area contributed by atoms with E-state index in [0.29, 0.717) is 16.5 Å². The molecule has 0 aliphatic carbocycles. The molecule has 2 N–H and O–H groups in total. The Morgan fingerprint density at radius 1 is 1.40 bits per heavy atom. The molecule has 0 aliphatic heterocycles. The van der Waals surface area contributed by atoms with Gasteiger partial charge in [-0.25, -0.2) is 9.37 Å². The third-order valence-electron chi connectivity index (χ3n) is 2.97. The Morgan fingerprint density at radius 3 is 2.70 bits per heavy atom. The number of carboxylic acids is 1. The van der Waals surface area contributed by atoms with Gasteiger partial charge < -0.3 is 10.4 Å². The quantitative estimate of drug-likeness (QED) is 0.902. The Balaban J connectivity index is 2.24. The van der Waals surface area contributed by atoms with E-state index in [4.69, 9.17) is 5.11 Å². The van der Waals surface area contributed by atoms with Crippen LogP contribution in [0.2, 0.25) is 0 Å². The average Bonchev–Trinajstić information content (AvgIpc) is 2.76. The highest BCUT2D eigenvalue weighted by Gasteiger charge is 2.32. The molecule has 0 saturated heterocycles.